The van der Waals surface area contributed by atoms with E-state index in [1.165, 1.54) is 6.07 Å². The number of aryl methyl sites for hydroxylation is 3. The van der Waals surface area contributed by atoms with Crippen molar-refractivity contribution in [2.24, 2.45) is 0 Å². The molecular weight excluding hydrogens is 609 g/mol. The smallest absolute Gasteiger partial charge is 0.273 e. The van der Waals surface area contributed by atoms with Crippen molar-refractivity contribution in [3.63, 3.8) is 0 Å². The minimum Gasteiger partial charge on any atom is -0.456 e. The summed E-state index contributed by atoms with van der Waals surface area (Å²) in [5.74, 6) is 1.85. The molecule has 0 radical (unpaired) electrons. The number of sulfonamides is 1. The lowest BCUT2D eigenvalue weighted by Gasteiger charge is -2.17. The molecule has 4 aromatic heterocycles. The second-order valence-corrected chi connectivity index (χ2v) is 13.4. The maximum atomic E-state index is 13.6. The van der Waals surface area contributed by atoms with E-state index < -0.39 is 10.0 Å². The first-order valence-electron chi connectivity index (χ1n) is 14.6. The molecule has 4 heterocycles. The number of nitrogens with one attached hydrogen (secondary N) is 1. The van der Waals surface area contributed by atoms with Crippen LogP contribution in [0, 0.1) is 13.8 Å². The van der Waals surface area contributed by atoms with Gasteiger partial charge in [-0.1, -0.05) is 61.5 Å². The summed E-state index contributed by atoms with van der Waals surface area (Å²) < 4.78 is 42.4. The van der Waals surface area contributed by atoms with Crippen LogP contribution in [0.1, 0.15) is 42.1 Å². The van der Waals surface area contributed by atoms with Gasteiger partial charge in [-0.15, -0.1) is 11.3 Å². The minimum absolute atomic E-state index is 0.174. The summed E-state index contributed by atoms with van der Waals surface area (Å²) in [4.78, 5) is 18.5. The van der Waals surface area contributed by atoms with Crippen LogP contribution in [0.25, 0.3) is 22.0 Å². The number of fused-ring (bicyclic) bond motifs is 1. The Morgan fingerprint density at radius 2 is 1.73 bits per heavy atom. The Balaban J connectivity index is 1.35. The predicted molar refractivity (Wildman–Crippen MR) is 177 cm³/mol. The molecule has 230 valence electrons. The molecule has 0 spiro atoms. The third-order valence-corrected chi connectivity index (χ3v) is 10.5. The number of rotatable bonds is 10. The van der Waals surface area contributed by atoms with Gasteiger partial charge in [0.05, 0.1) is 23.1 Å². The molecule has 0 aliphatic carbocycles. The van der Waals surface area contributed by atoms with Gasteiger partial charge >= 0.3 is 0 Å². The number of hydrogen-bond donors (Lipinski definition) is 1. The summed E-state index contributed by atoms with van der Waals surface area (Å²) in [5.41, 5.74) is 5.18. The fourth-order valence-electron chi connectivity index (χ4n) is 5.17. The van der Waals surface area contributed by atoms with Crippen molar-refractivity contribution in [2.45, 2.75) is 51.3 Å². The van der Waals surface area contributed by atoms with Crippen LogP contribution in [-0.4, -0.2) is 23.1 Å². The van der Waals surface area contributed by atoms with Crippen LogP contribution in [-0.2, 0) is 29.4 Å². The number of ether oxygens (including phenoxy) is 1. The number of para-hydroxylation sites is 1. The first kappa shape index (κ1) is 30.3. The Morgan fingerprint density at radius 3 is 2.40 bits per heavy atom. The number of aromatic nitrogens is 3. The van der Waals surface area contributed by atoms with Crippen LogP contribution in [0.2, 0.25) is 0 Å². The van der Waals surface area contributed by atoms with Gasteiger partial charge < -0.3 is 13.8 Å². The zero-order chi connectivity index (χ0) is 31.7. The second kappa shape index (κ2) is 12.3. The molecule has 45 heavy (non-hydrogen) atoms. The van der Waals surface area contributed by atoms with Crippen LogP contribution in [0.15, 0.2) is 91.7 Å². The predicted octanol–water partition coefficient (Wildman–Crippen LogP) is 7.50. The Hall–Kier alpha value is -4.74. The highest BCUT2D eigenvalue weighted by Gasteiger charge is 2.24. The first-order chi connectivity index (χ1) is 21.7. The highest BCUT2D eigenvalue weighted by molar-refractivity contribution is 7.94. The summed E-state index contributed by atoms with van der Waals surface area (Å²) in [6, 6.07) is 22.3. The zero-order valence-corrected chi connectivity index (χ0v) is 27.0. The quantitative estimate of drug-likeness (QED) is 0.165. The molecule has 6 rings (SSSR count). The van der Waals surface area contributed by atoms with Crippen molar-refractivity contribution >= 4 is 38.1 Å². The van der Waals surface area contributed by atoms with Gasteiger partial charge in [0.15, 0.2) is 5.82 Å². The van der Waals surface area contributed by atoms with Crippen LogP contribution in [0.3, 0.4) is 0 Å². The summed E-state index contributed by atoms with van der Waals surface area (Å²) in [6.45, 7) is 7.88. The van der Waals surface area contributed by atoms with Gasteiger partial charge in [0, 0.05) is 22.9 Å². The summed E-state index contributed by atoms with van der Waals surface area (Å²) in [5, 5.41) is 6.40. The average molecular weight is 641 g/mol. The van der Waals surface area contributed by atoms with Crippen molar-refractivity contribution in [3.05, 3.63) is 117 Å². The molecule has 0 fully saturated rings. The van der Waals surface area contributed by atoms with Gasteiger partial charge in [-0.3, -0.25) is 14.5 Å². The van der Waals surface area contributed by atoms with E-state index in [4.69, 9.17) is 14.2 Å². The van der Waals surface area contributed by atoms with E-state index in [1.807, 2.05) is 74.5 Å². The highest BCUT2D eigenvalue weighted by atomic mass is 32.2. The molecule has 0 aliphatic rings. The number of pyridine rings is 2. The molecule has 0 bridgehead atoms. The van der Waals surface area contributed by atoms with Gasteiger partial charge in [0.2, 0.25) is 0 Å². The number of thiophene rings is 1. The molecule has 0 saturated heterocycles. The Morgan fingerprint density at radius 1 is 0.978 bits per heavy atom. The van der Waals surface area contributed by atoms with Crippen LogP contribution in [0.4, 0.5) is 5.82 Å². The maximum Gasteiger partial charge on any atom is 0.273 e. The number of anilines is 1. The minimum atomic E-state index is -3.90. The average Bonchev–Trinajstić information content (AvgIpc) is 3.66. The van der Waals surface area contributed by atoms with Crippen molar-refractivity contribution in [3.8, 4) is 22.6 Å². The topological polar surface area (TPSA) is 116 Å². The molecule has 2 aromatic carbocycles. The van der Waals surface area contributed by atoms with Crippen LogP contribution in [0.5, 0.6) is 11.5 Å². The summed E-state index contributed by atoms with van der Waals surface area (Å²) in [7, 11) is -3.90. The van der Waals surface area contributed by atoms with Crippen LogP contribution < -0.4 is 15.0 Å². The van der Waals surface area contributed by atoms with E-state index in [0.717, 1.165) is 51.2 Å². The highest BCUT2D eigenvalue weighted by Crippen LogP contribution is 2.35. The third kappa shape index (κ3) is 6.01. The molecule has 0 atom stereocenters. The lowest BCUT2D eigenvalue weighted by Crippen LogP contribution is -2.21. The van der Waals surface area contributed by atoms with E-state index in [2.05, 4.69) is 9.88 Å². The van der Waals surface area contributed by atoms with Crippen molar-refractivity contribution in [1.82, 2.24) is 14.7 Å². The van der Waals surface area contributed by atoms with Crippen LogP contribution >= 0.6 is 11.3 Å². The van der Waals surface area contributed by atoms with E-state index in [9.17, 15) is 13.2 Å². The molecule has 1 N–H and O–H groups in total. The van der Waals surface area contributed by atoms with E-state index in [0.29, 0.717) is 41.4 Å². The molecule has 0 saturated carbocycles. The largest absolute Gasteiger partial charge is 0.456 e. The number of nitrogens with zero attached hydrogens (tertiary/aromatic N) is 3. The number of benzene rings is 2. The van der Waals surface area contributed by atoms with Gasteiger partial charge in [-0.05, 0) is 67.5 Å². The molecule has 11 heteroatoms. The molecule has 0 aliphatic heterocycles. The van der Waals surface area contributed by atoms with Gasteiger partial charge in [-0.2, -0.15) is 0 Å². The monoisotopic (exact) mass is 640 g/mol. The Kier molecular flexibility index (Phi) is 8.30. The molecular formula is C34H32N4O5S2. The van der Waals surface area contributed by atoms with Crippen molar-refractivity contribution in [1.29, 1.82) is 0 Å². The standard InChI is InChI=1S/C34H32N4O5S2/c1-5-25-18-29-32(28(6-2)35-25)30(42-26-10-8-7-9-11-26)19-31(39)38(29)20-23-12-14-24(15-13-23)27-16-17-44-34(27)45(40,41)37-33-21(3)22(4)43-36-33/h7-19H,5-6,20H2,1-4H3,(H,36,37). The van der Waals surface area contributed by atoms with Crippen molar-refractivity contribution in [2.75, 3.05) is 4.72 Å². The maximum absolute atomic E-state index is 13.6. The molecule has 0 unspecified atom stereocenters. The molecule has 0 amide bonds. The molecule has 9 nitrogen and oxygen atoms in total. The first-order valence-corrected chi connectivity index (χ1v) is 17.0. The van der Waals surface area contributed by atoms with E-state index >= 15 is 0 Å². The van der Waals surface area contributed by atoms with E-state index in [1.54, 1.807) is 29.9 Å². The van der Waals surface area contributed by atoms with Crippen molar-refractivity contribution < 1.29 is 17.7 Å². The SMILES string of the molecule is CCc1cc2c(c(Oc3ccccc3)cc(=O)n2Cc2ccc(-c3ccsc3S(=O)(=O)Nc3noc(C)c3C)cc2)c(CC)n1. The number of hydrogen-bond acceptors (Lipinski definition) is 8. The normalized spacial score (nSPS) is 11.6. The van der Waals surface area contributed by atoms with Gasteiger partial charge in [0.25, 0.3) is 15.6 Å². The third-order valence-electron chi connectivity index (χ3n) is 7.72. The second-order valence-electron chi connectivity index (χ2n) is 10.6. The lowest BCUT2D eigenvalue weighted by molar-refractivity contribution is 0.399. The lowest BCUT2D eigenvalue weighted by atomic mass is 10.1. The summed E-state index contributed by atoms with van der Waals surface area (Å²) in [6.07, 6.45) is 1.41. The summed E-state index contributed by atoms with van der Waals surface area (Å²) >= 11 is 1.13. The zero-order valence-electron chi connectivity index (χ0n) is 25.3. The van der Waals surface area contributed by atoms with E-state index in [-0.39, 0.29) is 15.6 Å². The Labute approximate surface area is 265 Å². The fraction of sp³-hybridized carbons (Fsp3) is 0.206. The van der Waals surface area contributed by atoms with Gasteiger partial charge in [0.1, 0.15) is 21.5 Å². The Bertz CT molecular complexity index is 2170. The molecule has 6 aromatic rings. The fourth-order valence-corrected chi connectivity index (χ4v) is 7.63. The van der Waals surface area contributed by atoms with Gasteiger partial charge in [-0.25, -0.2) is 8.42 Å².